The van der Waals surface area contributed by atoms with E-state index in [1.165, 1.54) is 6.07 Å². The van der Waals surface area contributed by atoms with Crippen molar-refractivity contribution in [2.75, 3.05) is 9.80 Å². The molecule has 1 aromatic carbocycles. The van der Waals surface area contributed by atoms with Crippen molar-refractivity contribution < 1.29 is 18.0 Å². The van der Waals surface area contributed by atoms with Crippen molar-refractivity contribution >= 4 is 34.6 Å². The van der Waals surface area contributed by atoms with Gasteiger partial charge in [-0.05, 0) is 55.7 Å². The second-order valence-corrected chi connectivity index (χ2v) is 7.37. The first-order valence-electron chi connectivity index (χ1n) is 8.89. The third-order valence-corrected chi connectivity index (χ3v) is 5.73. The number of nitrogens with zero attached hydrogens (tertiary/aromatic N) is 5. The Morgan fingerprint density at radius 2 is 1.87 bits per heavy atom. The van der Waals surface area contributed by atoms with E-state index in [9.17, 15) is 23.2 Å². The van der Waals surface area contributed by atoms with Gasteiger partial charge in [0, 0.05) is 5.69 Å². The van der Waals surface area contributed by atoms with Crippen LogP contribution in [0.3, 0.4) is 0 Å². The number of rotatable bonds is 2. The van der Waals surface area contributed by atoms with E-state index in [-0.39, 0.29) is 10.8 Å². The van der Waals surface area contributed by atoms with Crippen molar-refractivity contribution in [3.63, 3.8) is 0 Å². The molecule has 0 N–H and O–H groups in total. The summed E-state index contributed by atoms with van der Waals surface area (Å²) in [5.74, 6) is -0.444. The molecule has 0 atom stereocenters. The number of benzene rings is 1. The molecule has 2 heterocycles. The maximum atomic E-state index is 13.4. The molecule has 2 aliphatic rings. The molecule has 0 unspecified atom stereocenters. The summed E-state index contributed by atoms with van der Waals surface area (Å²) in [6.07, 6.45) is -2.05. The van der Waals surface area contributed by atoms with Gasteiger partial charge in [0.25, 0.3) is 5.91 Å². The van der Waals surface area contributed by atoms with E-state index in [0.717, 1.165) is 23.6 Å². The second kappa shape index (κ2) is 6.78. The van der Waals surface area contributed by atoms with Gasteiger partial charge in [-0.3, -0.25) is 9.69 Å². The van der Waals surface area contributed by atoms with Gasteiger partial charge in [0.15, 0.2) is 10.8 Å². The molecule has 1 saturated heterocycles. The molecule has 10 heteroatoms. The Kier molecular flexibility index (Phi) is 4.48. The molecule has 30 heavy (non-hydrogen) atoms. The average molecular weight is 427 g/mol. The quantitative estimate of drug-likeness (QED) is 0.676. The minimum absolute atomic E-state index is 0.00872. The number of hydrogen-bond donors (Lipinski definition) is 0. The Morgan fingerprint density at radius 1 is 1.13 bits per heavy atom. The summed E-state index contributed by atoms with van der Waals surface area (Å²) in [7, 11) is 0. The number of pyridine rings is 1. The lowest BCUT2D eigenvalue weighted by atomic mass is 9.75. The first-order chi connectivity index (χ1) is 14.2. The second-order valence-electron chi connectivity index (χ2n) is 7.01. The molecule has 1 spiro atoms. The number of hydrogen-bond acceptors (Lipinski definition) is 5. The number of thiocarbonyl (C=S) groups is 1. The van der Waals surface area contributed by atoms with Crippen molar-refractivity contribution in [2.45, 2.75) is 31.0 Å². The van der Waals surface area contributed by atoms with Crippen LogP contribution in [0.25, 0.3) is 0 Å². The van der Waals surface area contributed by atoms with Crippen LogP contribution in [-0.2, 0) is 11.0 Å². The molecule has 6 nitrogen and oxygen atoms in total. The molecule has 2 fully saturated rings. The summed E-state index contributed by atoms with van der Waals surface area (Å²) in [5.41, 5.74) is -2.27. The molecule has 1 amide bonds. The predicted molar refractivity (Wildman–Crippen MR) is 104 cm³/mol. The Labute approximate surface area is 174 Å². The lowest BCUT2D eigenvalue weighted by Gasteiger charge is -2.43. The highest BCUT2D eigenvalue weighted by Gasteiger charge is 2.59. The van der Waals surface area contributed by atoms with Gasteiger partial charge in [0.1, 0.15) is 11.6 Å². The number of carbonyl (C=O) groups excluding carboxylic acids is 1. The average Bonchev–Trinajstić information content (AvgIpc) is 2.93. The van der Waals surface area contributed by atoms with Crippen molar-refractivity contribution in [1.82, 2.24) is 4.98 Å². The largest absolute Gasteiger partial charge is 0.419 e. The molecule has 0 bridgehead atoms. The van der Waals surface area contributed by atoms with E-state index in [1.807, 2.05) is 6.07 Å². The maximum absolute atomic E-state index is 13.4. The smallest absolute Gasteiger partial charge is 0.303 e. The number of carbonyl (C=O) groups is 1. The number of nitriles is 2. The lowest BCUT2D eigenvalue weighted by molar-refractivity contribution is -0.138. The summed E-state index contributed by atoms with van der Waals surface area (Å²) in [6, 6.07) is 10.7. The van der Waals surface area contributed by atoms with Crippen LogP contribution < -0.4 is 9.80 Å². The zero-order valence-electron chi connectivity index (χ0n) is 15.3. The van der Waals surface area contributed by atoms with E-state index in [1.54, 1.807) is 29.2 Å². The Hall–Kier alpha value is -3.50. The molecule has 1 saturated carbocycles. The highest BCUT2D eigenvalue weighted by atomic mass is 32.1. The first kappa shape index (κ1) is 19.8. The molecule has 150 valence electrons. The fourth-order valence-electron chi connectivity index (χ4n) is 3.80. The first-order valence-corrected chi connectivity index (χ1v) is 9.30. The van der Waals surface area contributed by atoms with E-state index in [4.69, 9.17) is 17.5 Å². The monoisotopic (exact) mass is 427 g/mol. The summed E-state index contributed by atoms with van der Waals surface area (Å²) < 4.78 is 40.1. The molecule has 1 aliphatic heterocycles. The summed E-state index contributed by atoms with van der Waals surface area (Å²) in [6.45, 7) is 0. The van der Waals surface area contributed by atoms with Crippen LogP contribution in [-0.4, -0.2) is 21.5 Å². The predicted octanol–water partition coefficient (Wildman–Crippen LogP) is 3.90. The SMILES string of the molecule is N#Cc1cccc(N2C(=S)N(c3cnc(C#N)c(C(F)(F)F)c3)C(=O)C23CCC3)c1. The lowest BCUT2D eigenvalue weighted by Crippen LogP contribution is -2.55. The molecule has 2 aromatic rings. The Morgan fingerprint density at radius 3 is 2.43 bits per heavy atom. The van der Waals surface area contributed by atoms with Crippen LogP contribution in [0.5, 0.6) is 0 Å². The molecular formula is C20H12F3N5OS. The number of halogens is 3. The van der Waals surface area contributed by atoms with Crippen molar-refractivity contribution in [3.05, 3.63) is 53.3 Å². The van der Waals surface area contributed by atoms with Gasteiger partial charge in [0.2, 0.25) is 0 Å². The molecule has 1 aliphatic carbocycles. The number of amides is 1. The number of alkyl halides is 3. The summed E-state index contributed by atoms with van der Waals surface area (Å²) in [5, 5.41) is 18.2. The normalized spacial score (nSPS) is 17.6. The zero-order chi connectivity index (χ0) is 21.7. The fourth-order valence-corrected chi connectivity index (χ4v) is 4.27. The van der Waals surface area contributed by atoms with Gasteiger partial charge >= 0.3 is 6.18 Å². The summed E-state index contributed by atoms with van der Waals surface area (Å²) in [4.78, 5) is 19.6. The highest BCUT2D eigenvalue weighted by molar-refractivity contribution is 7.81. The molecular weight excluding hydrogens is 415 g/mol. The number of aromatic nitrogens is 1. The Balaban J connectivity index is 1.83. The van der Waals surface area contributed by atoms with Crippen molar-refractivity contribution in [2.24, 2.45) is 0 Å². The Bertz CT molecular complexity index is 1160. The topological polar surface area (TPSA) is 84.0 Å². The third-order valence-electron chi connectivity index (χ3n) is 5.37. The van der Waals surface area contributed by atoms with Crippen molar-refractivity contribution in [1.29, 1.82) is 10.5 Å². The van der Waals surface area contributed by atoms with Crippen LogP contribution in [0, 0.1) is 22.7 Å². The van der Waals surface area contributed by atoms with Gasteiger partial charge in [-0.15, -0.1) is 0 Å². The minimum Gasteiger partial charge on any atom is -0.303 e. The van der Waals surface area contributed by atoms with E-state index in [0.29, 0.717) is 24.1 Å². The number of anilines is 2. The minimum atomic E-state index is -4.81. The third kappa shape index (κ3) is 2.80. The fraction of sp³-hybridized carbons (Fsp3) is 0.250. The van der Waals surface area contributed by atoms with Crippen LogP contribution in [0.15, 0.2) is 36.5 Å². The molecule has 1 aromatic heterocycles. The van der Waals surface area contributed by atoms with Gasteiger partial charge < -0.3 is 4.90 Å². The van der Waals surface area contributed by atoms with Gasteiger partial charge in [-0.25, -0.2) is 4.98 Å². The van der Waals surface area contributed by atoms with Gasteiger partial charge in [0.05, 0.1) is 29.1 Å². The van der Waals surface area contributed by atoms with E-state index >= 15 is 0 Å². The maximum Gasteiger partial charge on any atom is 0.419 e. The van der Waals surface area contributed by atoms with E-state index < -0.39 is 28.9 Å². The summed E-state index contributed by atoms with van der Waals surface area (Å²) >= 11 is 5.50. The standard InChI is InChI=1S/C20H12F3N5OS/c21-20(22,23)15-8-14(11-26-16(15)10-25)27-17(29)19(5-2-6-19)28(18(27)30)13-4-1-3-12(7-13)9-24/h1,3-4,7-8,11H,2,5-6H2. The van der Waals surface area contributed by atoms with Crippen LogP contribution in [0.2, 0.25) is 0 Å². The van der Waals surface area contributed by atoms with Crippen LogP contribution in [0.4, 0.5) is 24.5 Å². The van der Waals surface area contributed by atoms with Crippen LogP contribution >= 0.6 is 12.2 Å². The highest BCUT2D eigenvalue weighted by Crippen LogP contribution is 2.48. The van der Waals surface area contributed by atoms with E-state index in [2.05, 4.69) is 4.98 Å². The molecule has 0 radical (unpaired) electrons. The van der Waals surface area contributed by atoms with Gasteiger partial charge in [-0.1, -0.05) is 6.07 Å². The zero-order valence-corrected chi connectivity index (χ0v) is 16.1. The van der Waals surface area contributed by atoms with Gasteiger partial charge in [-0.2, -0.15) is 23.7 Å². The van der Waals surface area contributed by atoms with Crippen molar-refractivity contribution in [3.8, 4) is 12.1 Å². The van der Waals surface area contributed by atoms with Crippen LogP contribution in [0.1, 0.15) is 36.1 Å². The molecule has 4 rings (SSSR count).